The maximum atomic E-state index is 10.7. The molecule has 0 saturated heterocycles. The van der Waals surface area contributed by atoms with E-state index in [9.17, 15) is 4.79 Å². The summed E-state index contributed by atoms with van der Waals surface area (Å²) in [5.74, 6) is -0.268. The minimum atomic E-state index is -0.533. The Hall–Kier alpha value is -1.36. The molecular formula is C8H14N4O. The number of nitrogens with two attached hydrogens (primary N) is 2. The number of carbonyl (C=O) groups excluding carboxylic acids is 1. The van der Waals surface area contributed by atoms with E-state index in [4.69, 9.17) is 11.5 Å². The number of primary amides is 1. The van der Waals surface area contributed by atoms with Gasteiger partial charge in [-0.3, -0.25) is 9.48 Å². The van der Waals surface area contributed by atoms with Crippen LogP contribution in [0.4, 0.5) is 0 Å². The van der Waals surface area contributed by atoms with Crippen molar-refractivity contribution >= 4 is 5.91 Å². The van der Waals surface area contributed by atoms with Crippen molar-refractivity contribution in [3.05, 3.63) is 18.0 Å². The van der Waals surface area contributed by atoms with E-state index in [1.807, 2.05) is 13.8 Å². The highest BCUT2D eigenvalue weighted by Crippen LogP contribution is 2.10. The smallest absolute Gasteiger partial charge is 0.269 e. The zero-order valence-corrected chi connectivity index (χ0v) is 7.77. The Bertz CT molecular complexity index is 305. The molecule has 5 nitrogen and oxygen atoms in total. The Labute approximate surface area is 76.7 Å². The predicted molar refractivity (Wildman–Crippen MR) is 48.8 cm³/mol. The lowest BCUT2D eigenvalue weighted by atomic mass is 10.2. The second-order valence-electron chi connectivity index (χ2n) is 3.28. The molecule has 0 aliphatic carbocycles. The highest BCUT2D eigenvalue weighted by Gasteiger charge is 2.12. The van der Waals surface area contributed by atoms with E-state index in [0.29, 0.717) is 0 Å². The van der Waals surface area contributed by atoms with Gasteiger partial charge >= 0.3 is 0 Å². The lowest BCUT2D eigenvalue weighted by Crippen LogP contribution is -2.25. The van der Waals surface area contributed by atoms with Gasteiger partial charge in [-0.15, -0.1) is 0 Å². The molecule has 1 atom stereocenters. The molecule has 4 N–H and O–H groups in total. The molecule has 0 saturated carbocycles. The Balaban J connectivity index is 2.85. The van der Waals surface area contributed by atoms with Gasteiger partial charge in [0.2, 0.25) is 0 Å². The van der Waals surface area contributed by atoms with Crippen LogP contribution >= 0.6 is 0 Å². The summed E-state index contributed by atoms with van der Waals surface area (Å²) < 4.78 is 1.55. The fourth-order valence-corrected chi connectivity index (χ4v) is 0.941. The topological polar surface area (TPSA) is 86.9 Å². The Morgan fingerprint density at radius 3 is 2.62 bits per heavy atom. The van der Waals surface area contributed by atoms with Gasteiger partial charge in [-0.05, 0) is 12.0 Å². The quantitative estimate of drug-likeness (QED) is 0.694. The summed E-state index contributed by atoms with van der Waals surface area (Å²) in [7, 11) is 0. The van der Waals surface area contributed by atoms with Crippen LogP contribution in [0.3, 0.4) is 0 Å². The van der Waals surface area contributed by atoms with E-state index in [2.05, 4.69) is 5.10 Å². The number of hydrogen-bond acceptors (Lipinski definition) is 3. The van der Waals surface area contributed by atoms with Crippen LogP contribution in [0.15, 0.2) is 12.3 Å². The van der Waals surface area contributed by atoms with Gasteiger partial charge in [0.05, 0.1) is 0 Å². The number of carbonyl (C=O) groups is 1. The summed E-state index contributed by atoms with van der Waals surface area (Å²) in [4.78, 5) is 10.7. The molecule has 0 spiro atoms. The molecular weight excluding hydrogens is 168 g/mol. The van der Waals surface area contributed by atoms with Crippen LogP contribution in [0.5, 0.6) is 0 Å². The molecule has 1 aromatic heterocycles. The van der Waals surface area contributed by atoms with Gasteiger partial charge in [0.1, 0.15) is 11.9 Å². The molecule has 13 heavy (non-hydrogen) atoms. The van der Waals surface area contributed by atoms with Crippen LogP contribution in [0.2, 0.25) is 0 Å². The molecule has 0 aromatic carbocycles. The zero-order valence-electron chi connectivity index (χ0n) is 7.77. The van der Waals surface area contributed by atoms with E-state index in [0.717, 1.165) is 0 Å². The molecule has 0 aliphatic rings. The van der Waals surface area contributed by atoms with E-state index in [1.165, 1.54) is 0 Å². The van der Waals surface area contributed by atoms with Crippen molar-refractivity contribution < 1.29 is 4.79 Å². The van der Waals surface area contributed by atoms with Crippen LogP contribution in [-0.2, 0) is 0 Å². The molecule has 1 aromatic rings. The minimum absolute atomic E-state index is 0.215. The predicted octanol–water partition coefficient (Wildman–Crippen LogP) is 0.0953. The molecule has 0 bridgehead atoms. The first-order valence-corrected chi connectivity index (χ1v) is 4.13. The van der Waals surface area contributed by atoms with Crippen molar-refractivity contribution in [3.63, 3.8) is 0 Å². The number of rotatable bonds is 3. The summed E-state index contributed by atoms with van der Waals surface area (Å²) >= 11 is 0. The van der Waals surface area contributed by atoms with Gasteiger partial charge in [-0.2, -0.15) is 5.10 Å². The lowest BCUT2D eigenvalue weighted by Gasteiger charge is -2.15. The Morgan fingerprint density at radius 1 is 1.62 bits per heavy atom. The van der Waals surface area contributed by atoms with Crippen LogP contribution in [0, 0.1) is 5.92 Å². The Kier molecular flexibility index (Phi) is 2.67. The minimum Gasteiger partial charge on any atom is -0.364 e. The summed E-state index contributed by atoms with van der Waals surface area (Å²) in [6.07, 6.45) is 1.44. The van der Waals surface area contributed by atoms with E-state index in [1.54, 1.807) is 16.9 Å². The van der Waals surface area contributed by atoms with Gasteiger partial charge in [-0.1, -0.05) is 13.8 Å². The number of nitrogens with zero attached hydrogens (tertiary/aromatic N) is 2. The molecule has 72 valence electrons. The van der Waals surface area contributed by atoms with Crippen molar-refractivity contribution in [2.75, 3.05) is 0 Å². The molecule has 5 heteroatoms. The van der Waals surface area contributed by atoms with Crippen LogP contribution in [-0.4, -0.2) is 15.7 Å². The lowest BCUT2D eigenvalue weighted by molar-refractivity contribution is 0.0994. The largest absolute Gasteiger partial charge is 0.364 e. The van der Waals surface area contributed by atoms with Gasteiger partial charge < -0.3 is 11.5 Å². The second-order valence-corrected chi connectivity index (χ2v) is 3.28. The summed E-state index contributed by atoms with van der Waals surface area (Å²) in [5.41, 5.74) is 11.1. The molecule has 1 amide bonds. The maximum absolute atomic E-state index is 10.7. The molecule has 1 heterocycles. The number of aromatic nitrogens is 2. The average molecular weight is 182 g/mol. The first-order chi connectivity index (χ1) is 6.02. The van der Waals surface area contributed by atoms with Crippen molar-refractivity contribution in [2.24, 2.45) is 17.4 Å². The molecule has 0 unspecified atom stereocenters. The SMILES string of the molecule is CC(C)[C@@H](N)n1ccc(C(N)=O)n1. The van der Waals surface area contributed by atoms with Gasteiger partial charge in [0.25, 0.3) is 5.91 Å². The number of amides is 1. The zero-order chi connectivity index (χ0) is 10.0. The summed E-state index contributed by atoms with van der Waals surface area (Å²) in [6, 6.07) is 1.56. The summed E-state index contributed by atoms with van der Waals surface area (Å²) in [6.45, 7) is 3.96. The summed E-state index contributed by atoms with van der Waals surface area (Å²) in [5, 5.41) is 3.95. The average Bonchev–Trinajstić information content (AvgIpc) is 2.50. The van der Waals surface area contributed by atoms with Crippen LogP contribution < -0.4 is 11.5 Å². The van der Waals surface area contributed by atoms with Crippen molar-refractivity contribution in [1.29, 1.82) is 0 Å². The highest BCUT2D eigenvalue weighted by atomic mass is 16.1. The van der Waals surface area contributed by atoms with E-state index < -0.39 is 5.91 Å². The third-order valence-corrected chi connectivity index (χ3v) is 1.85. The van der Waals surface area contributed by atoms with Crippen molar-refractivity contribution in [3.8, 4) is 0 Å². The normalized spacial score (nSPS) is 13.2. The fraction of sp³-hybridized carbons (Fsp3) is 0.500. The number of hydrogen-bond donors (Lipinski definition) is 2. The fourth-order valence-electron chi connectivity index (χ4n) is 0.941. The third-order valence-electron chi connectivity index (χ3n) is 1.85. The van der Waals surface area contributed by atoms with Gasteiger partial charge in [0.15, 0.2) is 0 Å². The molecule has 0 radical (unpaired) electrons. The standard InChI is InChI=1S/C8H14N4O/c1-5(2)7(9)12-4-3-6(11-12)8(10)13/h3-5,7H,9H2,1-2H3,(H2,10,13)/t7-/m0/s1. The third kappa shape index (κ3) is 2.06. The maximum Gasteiger partial charge on any atom is 0.269 e. The first-order valence-electron chi connectivity index (χ1n) is 4.13. The highest BCUT2D eigenvalue weighted by molar-refractivity contribution is 5.90. The first kappa shape index (κ1) is 9.73. The molecule has 1 rings (SSSR count). The van der Waals surface area contributed by atoms with Crippen LogP contribution in [0.25, 0.3) is 0 Å². The van der Waals surface area contributed by atoms with E-state index in [-0.39, 0.29) is 17.8 Å². The van der Waals surface area contributed by atoms with Crippen LogP contribution in [0.1, 0.15) is 30.5 Å². The Morgan fingerprint density at radius 2 is 2.23 bits per heavy atom. The van der Waals surface area contributed by atoms with E-state index >= 15 is 0 Å². The van der Waals surface area contributed by atoms with Crippen molar-refractivity contribution in [1.82, 2.24) is 9.78 Å². The molecule has 0 fully saturated rings. The monoisotopic (exact) mass is 182 g/mol. The van der Waals surface area contributed by atoms with Gasteiger partial charge in [-0.25, -0.2) is 0 Å². The second kappa shape index (κ2) is 3.57. The van der Waals surface area contributed by atoms with Gasteiger partial charge in [0, 0.05) is 6.20 Å². The molecule has 0 aliphatic heterocycles. The van der Waals surface area contributed by atoms with Crippen molar-refractivity contribution in [2.45, 2.75) is 20.0 Å².